The van der Waals surface area contributed by atoms with Crippen molar-refractivity contribution in [3.63, 3.8) is 0 Å². The highest BCUT2D eigenvalue weighted by molar-refractivity contribution is 5.70. The first-order valence-electron chi connectivity index (χ1n) is 8.99. The van der Waals surface area contributed by atoms with Crippen LogP contribution in [0, 0.1) is 11.8 Å². The van der Waals surface area contributed by atoms with Crippen molar-refractivity contribution in [2.24, 2.45) is 11.8 Å². The van der Waals surface area contributed by atoms with E-state index in [0.29, 0.717) is 37.9 Å². The Morgan fingerprint density at radius 3 is 1.54 bits per heavy atom. The van der Waals surface area contributed by atoms with Gasteiger partial charge in [0.1, 0.15) is 12.2 Å². The Labute approximate surface area is 144 Å². The third-order valence-electron chi connectivity index (χ3n) is 4.38. The molecule has 6 heteroatoms. The molecule has 6 nitrogen and oxygen atoms in total. The first kappa shape index (κ1) is 19.2. The summed E-state index contributed by atoms with van der Waals surface area (Å²) in [6.45, 7) is 8.87. The normalized spacial score (nSPS) is 29.1. The fourth-order valence-corrected chi connectivity index (χ4v) is 2.90. The van der Waals surface area contributed by atoms with E-state index in [1.807, 2.05) is 0 Å². The van der Waals surface area contributed by atoms with Crippen LogP contribution in [0.2, 0.25) is 0 Å². The van der Waals surface area contributed by atoms with Gasteiger partial charge in [0.25, 0.3) is 0 Å². The minimum Gasteiger partial charge on any atom is -0.457 e. The van der Waals surface area contributed by atoms with E-state index in [2.05, 4.69) is 27.7 Å². The van der Waals surface area contributed by atoms with Gasteiger partial charge in [-0.1, -0.05) is 27.7 Å². The lowest BCUT2D eigenvalue weighted by atomic mass is 10.1. The molecule has 0 aliphatic carbocycles. The minimum absolute atomic E-state index is 0.223. The second-order valence-electron chi connectivity index (χ2n) is 7.52. The number of carbonyl (C=O) groups excluding carboxylic acids is 2. The average molecular weight is 342 g/mol. The molecule has 0 aromatic carbocycles. The molecule has 2 heterocycles. The average Bonchev–Trinajstić information content (AvgIpc) is 3.07. The Balaban J connectivity index is 1.77. The maximum atomic E-state index is 11.9. The van der Waals surface area contributed by atoms with E-state index in [4.69, 9.17) is 18.9 Å². The SMILES string of the molecule is CC(C)CCC(=O)O[C@@H]1CO[C@H]2[C@@H]1OC[C@H]2OC(=O)CCC(C)C. The lowest BCUT2D eigenvalue weighted by Gasteiger charge is -2.17. The molecule has 138 valence electrons. The smallest absolute Gasteiger partial charge is 0.306 e. The summed E-state index contributed by atoms with van der Waals surface area (Å²) in [5.74, 6) is 0.475. The fraction of sp³-hybridized carbons (Fsp3) is 0.889. The minimum atomic E-state index is -0.408. The van der Waals surface area contributed by atoms with Crippen molar-refractivity contribution >= 4 is 11.9 Å². The van der Waals surface area contributed by atoms with Gasteiger partial charge in [-0.2, -0.15) is 0 Å². The van der Waals surface area contributed by atoms with Crippen LogP contribution in [-0.4, -0.2) is 49.6 Å². The summed E-state index contributed by atoms with van der Waals surface area (Å²) in [4.78, 5) is 23.8. The number of hydrogen-bond donors (Lipinski definition) is 0. The molecule has 0 aromatic rings. The topological polar surface area (TPSA) is 71.1 Å². The van der Waals surface area contributed by atoms with Crippen LogP contribution in [0.15, 0.2) is 0 Å². The van der Waals surface area contributed by atoms with Crippen LogP contribution in [0.3, 0.4) is 0 Å². The molecular formula is C18H30O6. The summed E-state index contributed by atoms with van der Waals surface area (Å²) >= 11 is 0. The number of rotatable bonds is 8. The maximum absolute atomic E-state index is 11.9. The molecule has 2 aliphatic rings. The summed E-state index contributed by atoms with van der Waals surface area (Å²) in [6, 6.07) is 0. The van der Waals surface area contributed by atoms with Crippen molar-refractivity contribution in [3.8, 4) is 0 Å². The van der Waals surface area contributed by atoms with Gasteiger partial charge in [-0.3, -0.25) is 9.59 Å². The Morgan fingerprint density at radius 1 is 0.833 bits per heavy atom. The molecule has 0 aromatic heterocycles. The predicted molar refractivity (Wildman–Crippen MR) is 87.4 cm³/mol. The lowest BCUT2D eigenvalue weighted by molar-refractivity contribution is -0.155. The van der Waals surface area contributed by atoms with Gasteiger partial charge in [0, 0.05) is 12.8 Å². The fourth-order valence-electron chi connectivity index (χ4n) is 2.90. The van der Waals surface area contributed by atoms with Gasteiger partial charge in [0.15, 0.2) is 12.2 Å². The molecule has 2 saturated heterocycles. The molecule has 0 N–H and O–H groups in total. The molecule has 0 bridgehead atoms. The molecular weight excluding hydrogens is 312 g/mol. The zero-order valence-corrected chi connectivity index (χ0v) is 15.2. The summed E-state index contributed by atoms with van der Waals surface area (Å²) in [6.07, 6.45) is 0.919. The third-order valence-corrected chi connectivity index (χ3v) is 4.38. The molecule has 2 aliphatic heterocycles. The van der Waals surface area contributed by atoms with E-state index in [-0.39, 0.29) is 24.1 Å². The van der Waals surface area contributed by atoms with Crippen LogP contribution >= 0.6 is 0 Å². The van der Waals surface area contributed by atoms with Gasteiger partial charge < -0.3 is 18.9 Å². The highest BCUT2D eigenvalue weighted by Crippen LogP contribution is 2.31. The van der Waals surface area contributed by atoms with Gasteiger partial charge in [0.2, 0.25) is 0 Å². The largest absolute Gasteiger partial charge is 0.457 e. The number of ether oxygens (including phenoxy) is 4. The van der Waals surface area contributed by atoms with Crippen LogP contribution < -0.4 is 0 Å². The monoisotopic (exact) mass is 342 g/mol. The third kappa shape index (κ3) is 5.45. The first-order chi connectivity index (χ1) is 11.4. The van der Waals surface area contributed by atoms with Gasteiger partial charge in [0.05, 0.1) is 13.2 Å². The highest BCUT2D eigenvalue weighted by Gasteiger charge is 2.51. The van der Waals surface area contributed by atoms with Crippen molar-refractivity contribution in [2.45, 2.75) is 77.8 Å². The van der Waals surface area contributed by atoms with Crippen LogP contribution in [0.5, 0.6) is 0 Å². The van der Waals surface area contributed by atoms with E-state index >= 15 is 0 Å². The van der Waals surface area contributed by atoms with Gasteiger partial charge in [-0.05, 0) is 24.7 Å². The second-order valence-corrected chi connectivity index (χ2v) is 7.52. The molecule has 24 heavy (non-hydrogen) atoms. The first-order valence-corrected chi connectivity index (χ1v) is 8.99. The van der Waals surface area contributed by atoms with Crippen molar-refractivity contribution in [1.29, 1.82) is 0 Å². The van der Waals surface area contributed by atoms with Crippen LogP contribution in [-0.2, 0) is 28.5 Å². The highest BCUT2D eigenvalue weighted by atomic mass is 16.7. The van der Waals surface area contributed by atoms with E-state index in [1.165, 1.54) is 0 Å². The molecule has 0 amide bonds. The quantitative estimate of drug-likeness (QED) is 0.631. The van der Waals surface area contributed by atoms with Crippen molar-refractivity contribution in [3.05, 3.63) is 0 Å². The predicted octanol–water partition coefficient (Wildman–Crippen LogP) is 2.48. The zero-order valence-electron chi connectivity index (χ0n) is 15.2. The van der Waals surface area contributed by atoms with Crippen LogP contribution in [0.25, 0.3) is 0 Å². The van der Waals surface area contributed by atoms with Crippen molar-refractivity contribution < 1.29 is 28.5 Å². The van der Waals surface area contributed by atoms with Crippen molar-refractivity contribution in [2.75, 3.05) is 13.2 Å². The molecule has 0 spiro atoms. The second kappa shape index (κ2) is 8.81. The lowest BCUT2D eigenvalue weighted by Crippen LogP contribution is -2.36. The molecule has 0 unspecified atom stereocenters. The number of fused-ring (bicyclic) bond motifs is 1. The van der Waals surface area contributed by atoms with Gasteiger partial charge >= 0.3 is 11.9 Å². The summed E-state index contributed by atoms with van der Waals surface area (Å²) < 4.78 is 22.3. The van der Waals surface area contributed by atoms with Crippen LogP contribution in [0.1, 0.15) is 53.4 Å². The number of esters is 2. The van der Waals surface area contributed by atoms with Gasteiger partial charge in [-0.25, -0.2) is 0 Å². The molecule has 0 saturated carbocycles. The van der Waals surface area contributed by atoms with Gasteiger partial charge in [-0.15, -0.1) is 0 Å². The van der Waals surface area contributed by atoms with E-state index in [0.717, 1.165) is 12.8 Å². The van der Waals surface area contributed by atoms with Crippen molar-refractivity contribution in [1.82, 2.24) is 0 Å². The Kier molecular flexibility index (Phi) is 7.04. The Morgan fingerprint density at radius 2 is 1.21 bits per heavy atom. The van der Waals surface area contributed by atoms with Crippen LogP contribution in [0.4, 0.5) is 0 Å². The molecule has 4 atom stereocenters. The standard InChI is InChI=1S/C18H30O6/c1-11(2)5-7-15(19)23-13-9-21-18-14(10-22-17(13)18)24-16(20)8-6-12(3)4/h11-14,17-18H,5-10H2,1-4H3/t13-,14-,17-,18-/m1/s1. The molecule has 2 rings (SSSR count). The Bertz CT molecular complexity index is 393. The summed E-state index contributed by atoms with van der Waals surface area (Å²) in [5, 5.41) is 0. The number of hydrogen-bond acceptors (Lipinski definition) is 6. The zero-order chi connectivity index (χ0) is 17.7. The number of carbonyl (C=O) groups is 2. The summed E-state index contributed by atoms with van der Waals surface area (Å²) in [5.41, 5.74) is 0. The summed E-state index contributed by atoms with van der Waals surface area (Å²) in [7, 11) is 0. The maximum Gasteiger partial charge on any atom is 0.306 e. The van der Waals surface area contributed by atoms with E-state index < -0.39 is 12.2 Å². The van der Waals surface area contributed by atoms with E-state index in [9.17, 15) is 9.59 Å². The molecule has 0 radical (unpaired) electrons. The molecule has 2 fully saturated rings. The van der Waals surface area contributed by atoms with E-state index in [1.54, 1.807) is 0 Å². The Hall–Kier alpha value is -1.14.